The highest BCUT2D eigenvalue weighted by Crippen LogP contribution is 2.25. The summed E-state index contributed by atoms with van der Waals surface area (Å²) < 4.78 is 1.01. The fourth-order valence-corrected chi connectivity index (χ4v) is 2.97. The minimum atomic E-state index is -0.00105. The molecule has 0 aliphatic carbocycles. The van der Waals surface area contributed by atoms with Gasteiger partial charge in [-0.2, -0.15) is 0 Å². The summed E-state index contributed by atoms with van der Waals surface area (Å²) in [5.74, 6) is 1.00. The van der Waals surface area contributed by atoms with Gasteiger partial charge in [-0.3, -0.25) is 9.59 Å². The first kappa shape index (κ1) is 18.1. The van der Waals surface area contributed by atoms with Crippen LogP contribution in [0.15, 0.2) is 28.7 Å². The molecule has 0 aliphatic rings. The van der Waals surface area contributed by atoms with Crippen molar-refractivity contribution in [1.82, 2.24) is 0 Å². The molecular weight excluding hydrogens is 328 g/mol. The van der Waals surface area contributed by atoms with Gasteiger partial charge >= 0.3 is 0 Å². The maximum absolute atomic E-state index is 12.2. The Morgan fingerprint density at radius 2 is 1.67 bits per heavy atom. The lowest BCUT2D eigenvalue weighted by molar-refractivity contribution is -0.124. The van der Waals surface area contributed by atoms with E-state index in [1.165, 1.54) is 0 Å². The third-order valence-electron chi connectivity index (χ3n) is 3.80. The van der Waals surface area contributed by atoms with Crippen molar-refractivity contribution in [3.05, 3.63) is 34.3 Å². The molecule has 0 aromatic heterocycles. The lowest BCUT2D eigenvalue weighted by Gasteiger charge is -2.22. The molecule has 21 heavy (non-hydrogen) atoms. The van der Waals surface area contributed by atoms with Crippen molar-refractivity contribution >= 4 is 27.5 Å². The smallest absolute Gasteiger partial charge is 0.137 e. The normalized spacial score (nSPS) is 14.0. The molecule has 0 spiro atoms. The Labute approximate surface area is 136 Å². The zero-order chi connectivity index (χ0) is 16.0. The molecule has 0 aliphatic heterocycles. The van der Waals surface area contributed by atoms with Gasteiger partial charge in [0.15, 0.2) is 0 Å². The monoisotopic (exact) mass is 352 g/mol. The Hall–Kier alpha value is -0.960. The highest BCUT2D eigenvalue weighted by Gasteiger charge is 2.24. The largest absolute Gasteiger partial charge is 0.300 e. The van der Waals surface area contributed by atoms with Crippen molar-refractivity contribution in [2.24, 2.45) is 17.8 Å². The average molecular weight is 353 g/mol. The Morgan fingerprint density at radius 3 is 2.14 bits per heavy atom. The van der Waals surface area contributed by atoms with Crippen LogP contribution in [0.5, 0.6) is 0 Å². The molecular formula is C18H25BrO2. The molecule has 2 atom stereocenters. The molecule has 1 aromatic rings. The number of halogens is 1. The van der Waals surface area contributed by atoms with E-state index in [1.54, 1.807) is 6.92 Å². The van der Waals surface area contributed by atoms with E-state index in [4.69, 9.17) is 0 Å². The maximum Gasteiger partial charge on any atom is 0.137 e. The summed E-state index contributed by atoms with van der Waals surface area (Å²) in [5.41, 5.74) is 1.03. The third-order valence-corrected chi connectivity index (χ3v) is 4.33. The van der Waals surface area contributed by atoms with Crippen molar-refractivity contribution in [3.8, 4) is 0 Å². The first-order valence-corrected chi connectivity index (χ1v) is 8.35. The number of benzene rings is 1. The summed E-state index contributed by atoms with van der Waals surface area (Å²) in [6, 6.07) is 7.82. The summed E-state index contributed by atoms with van der Waals surface area (Å²) in [5, 5.41) is 0. The van der Waals surface area contributed by atoms with Gasteiger partial charge in [-0.25, -0.2) is 0 Å². The summed E-state index contributed by atoms with van der Waals surface area (Å²) >= 11 is 3.39. The van der Waals surface area contributed by atoms with Crippen LogP contribution in [0.4, 0.5) is 0 Å². The zero-order valence-electron chi connectivity index (χ0n) is 13.4. The number of Topliss-reactive ketones (excluding diaryl/α,β-unsaturated/α-hetero) is 2. The fraction of sp³-hybridized carbons (Fsp3) is 0.556. The van der Waals surface area contributed by atoms with Crippen molar-refractivity contribution in [1.29, 1.82) is 0 Å². The average Bonchev–Trinajstić information content (AvgIpc) is 2.38. The van der Waals surface area contributed by atoms with Gasteiger partial charge in [0.1, 0.15) is 11.6 Å². The second-order valence-electron chi connectivity index (χ2n) is 6.37. The van der Waals surface area contributed by atoms with E-state index >= 15 is 0 Å². The molecule has 2 nitrogen and oxygen atoms in total. The van der Waals surface area contributed by atoms with Crippen LogP contribution in [0.1, 0.15) is 46.1 Å². The maximum atomic E-state index is 12.2. The molecule has 0 amide bonds. The Kier molecular flexibility index (Phi) is 7.30. The Balaban J connectivity index is 2.59. The second-order valence-corrected chi connectivity index (χ2v) is 7.29. The van der Waals surface area contributed by atoms with E-state index < -0.39 is 0 Å². The molecule has 0 radical (unpaired) electrons. The topological polar surface area (TPSA) is 34.1 Å². The Morgan fingerprint density at radius 1 is 1.10 bits per heavy atom. The standard InChI is InChI=1S/C18H25BrO2/c1-12(2)9-18(14(4)20)13(3)10-17(21)11-15-5-7-16(19)8-6-15/h5-8,12-13,18H,9-11H2,1-4H3/t13-,18-/m1/s1. The number of rotatable bonds is 8. The van der Waals surface area contributed by atoms with Gasteiger partial charge in [0.25, 0.3) is 0 Å². The van der Waals surface area contributed by atoms with Crippen molar-refractivity contribution in [3.63, 3.8) is 0 Å². The van der Waals surface area contributed by atoms with Crippen molar-refractivity contribution in [2.45, 2.75) is 47.0 Å². The van der Waals surface area contributed by atoms with E-state index in [0.29, 0.717) is 18.8 Å². The number of carbonyl (C=O) groups is 2. The molecule has 0 heterocycles. The molecule has 3 heteroatoms. The van der Waals surface area contributed by atoms with Crippen LogP contribution in [0.3, 0.4) is 0 Å². The molecule has 0 fully saturated rings. The summed E-state index contributed by atoms with van der Waals surface area (Å²) in [6.07, 6.45) is 1.79. The quantitative estimate of drug-likeness (QED) is 0.670. The van der Waals surface area contributed by atoms with Gasteiger partial charge in [0.05, 0.1) is 0 Å². The molecule has 0 saturated carbocycles. The van der Waals surface area contributed by atoms with Gasteiger partial charge in [0.2, 0.25) is 0 Å². The molecule has 1 rings (SSSR count). The van der Waals surface area contributed by atoms with Crippen LogP contribution in [0.2, 0.25) is 0 Å². The molecule has 0 N–H and O–H groups in total. The second kappa shape index (κ2) is 8.47. The minimum Gasteiger partial charge on any atom is -0.300 e. The first-order chi connectivity index (χ1) is 9.79. The Bertz CT molecular complexity index is 476. The van der Waals surface area contributed by atoms with Gasteiger partial charge in [-0.05, 0) is 42.9 Å². The van der Waals surface area contributed by atoms with Gasteiger partial charge < -0.3 is 0 Å². The SMILES string of the molecule is CC(=O)[C@H](CC(C)C)[C@H](C)CC(=O)Cc1ccc(Br)cc1. The lowest BCUT2D eigenvalue weighted by atomic mass is 9.81. The van der Waals surface area contributed by atoms with Crippen molar-refractivity contribution < 1.29 is 9.59 Å². The highest BCUT2D eigenvalue weighted by molar-refractivity contribution is 9.10. The predicted octanol–water partition coefficient (Wildman–Crippen LogP) is 4.84. The number of hydrogen-bond donors (Lipinski definition) is 0. The highest BCUT2D eigenvalue weighted by atomic mass is 79.9. The van der Waals surface area contributed by atoms with E-state index in [2.05, 4.69) is 29.8 Å². The van der Waals surface area contributed by atoms with E-state index in [0.717, 1.165) is 16.5 Å². The molecule has 0 bridgehead atoms. The zero-order valence-corrected chi connectivity index (χ0v) is 14.9. The van der Waals surface area contributed by atoms with E-state index in [-0.39, 0.29) is 23.4 Å². The van der Waals surface area contributed by atoms with Crippen LogP contribution in [0.25, 0.3) is 0 Å². The summed E-state index contributed by atoms with van der Waals surface area (Å²) in [4.78, 5) is 24.0. The first-order valence-electron chi connectivity index (χ1n) is 7.56. The van der Waals surface area contributed by atoms with Gasteiger partial charge in [0, 0.05) is 23.2 Å². The van der Waals surface area contributed by atoms with Crippen LogP contribution >= 0.6 is 15.9 Å². The molecule has 116 valence electrons. The molecule has 1 aromatic carbocycles. The molecule has 0 unspecified atom stereocenters. The summed E-state index contributed by atoms with van der Waals surface area (Å²) in [6.45, 7) is 7.90. The number of carbonyl (C=O) groups excluding carboxylic acids is 2. The fourth-order valence-electron chi connectivity index (χ4n) is 2.71. The van der Waals surface area contributed by atoms with Crippen LogP contribution in [-0.2, 0) is 16.0 Å². The van der Waals surface area contributed by atoms with Crippen LogP contribution < -0.4 is 0 Å². The summed E-state index contributed by atoms with van der Waals surface area (Å²) in [7, 11) is 0. The number of hydrogen-bond acceptors (Lipinski definition) is 2. The van der Waals surface area contributed by atoms with E-state index in [1.807, 2.05) is 31.2 Å². The lowest BCUT2D eigenvalue weighted by Crippen LogP contribution is -2.24. The van der Waals surface area contributed by atoms with Crippen molar-refractivity contribution in [2.75, 3.05) is 0 Å². The van der Waals surface area contributed by atoms with Crippen LogP contribution in [-0.4, -0.2) is 11.6 Å². The van der Waals surface area contributed by atoms with Gasteiger partial charge in [-0.15, -0.1) is 0 Å². The van der Waals surface area contributed by atoms with E-state index in [9.17, 15) is 9.59 Å². The third kappa shape index (κ3) is 6.56. The minimum absolute atomic E-state index is 0.00105. The molecule has 0 saturated heterocycles. The number of ketones is 2. The van der Waals surface area contributed by atoms with Gasteiger partial charge in [-0.1, -0.05) is 48.8 Å². The van der Waals surface area contributed by atoms with Crippen LogP contribution in [0, 0.1) is 17.8 Å². The predicted molar refractivity (Wildman–Crippen MR) is 90.3 cm³/mol.